The van der Waals surface area contributed by atoms with E-state index in [-0.39, 0.29) is 29.3 Å². The van der Waals surface area contributed by atoms with Gasteiger partial charge in [-0.25, -0.2) is 31.2 Å². The number of amides is 1. The lowest BCUT2D eigenvalue weighted by atomic mass is 9.98. The highest BCUT2D eigenvalue weighted by Gasteiger charge is 2.24. The summed E-state index contributed by atoms with van der Waals surface area (Å²) in [6, 6.07) is 55.6. The predicted molar refractivity (Wildman–Crippen MR) is 360 cm³/mol. The molecule has 0 bridgehead atoms. The molecular weight excluding hydrogens is 1180 g/mol. The highest BCUT2D eigenvalue weighted by molar-refractivity contribution is 7.91. The van der Waals surface area contributed by atoms with Crippen molar-refractivity contribution in [1.29, 1.82) is 0 Å². The average molecular weight is 1260 g/mol. The molecule has 0 unspecified atom stereocenters. The van der Waals surface area contributed by atoms with Crippen LogP contribution in [0.3, 0.4) is 0 Å². The smallest absolute Gasteiger partial charge is 0.339 e. The molecule has 2 aromatic heterocycles. The molecule has 17 heteroatoms. The number of carboxylic acids is 1. The minimum Gasteiger partial charge on any atom is -0.478 e. The number of nitrogens with one attached hydrogen (secondary N) is 1. The number of hydrogen-bond acceptors (Lipinski definition) is 11. The van der Waals surface area contributed by atoms with Gasteiger partial charge < -0.3 is 34.8 Å². The van der Waals surface area contributed by atoms with Crippen LogP contribution in [-0.4, -0.2) is 78.6 Å². The summed E-state index contributed by atoms with van der Waals surface area (Å²) < 4.78 is 61.6. The molecule has 0 aliphatic rings. The first-order valence-electron chi connectivity index (χ1n) is 29.6. The molecule has 8 aromatic carbocycles. The quantitative estimate of drug-likeness (QED) is 0.0816. The molecule has 10 aromatic rings. The standard InChI is InChI=1S/C37H38N2O5S.C29H29NO4.C8H11NO2S/c1-24-25(2)39(23-26-14-16-28(17-15-26)31-12-7-8-13-32(31)36(41)44-37(3,4)5)34-19-18-29(21-33(24)34)35(40)38-22-27-10-9-11-30(20-27)45(6,42)43;1-18-19(2)30(26-15-14-22(27(31)32)16-25(18)26)17-20-10-12-21(13-11-20)23-8-6-7-9-24(23)28(33)34-29(3,4)5;1-12(10,11)8-4-2-3-7(5-8)6-9/h7-21H,22-23H2,1-6H3,(H,38,40);6-16H,17H2,1-5H3,(H,31,32);2-5H,6,9H2,1H3. The van der Waals surface area contributed by atoms with Crippen LogP contribution in [0.2, 0.25) is 0 Å². The van der Waals surface area contributed by atoms with E-state index in [9.17, 15) is 41.1 Å². The molecule has 0 aliphatic heterocycles. The summed E-state index contributed by atoms with van der Waals surface area (Å²) in [5.74, 6) is -1.83. The van der Waals surface area contributed by atoms with Crippen molar-refractivity contribution in [2.45, 2.75) is 116 Å². The number of aromatic nitrogens is 2. The Kier molecular flexibility index (Phi) is 20.6. The third-order valence-corrected chi connectivity index (χ3v) is 17.7. The number of rotatable bonds is 15. The number of sulfone groups is 2. The second-order valence-corrected chi connectivity index (χ2v) is 28.6. The molecule has 10 rings (SSSR count). The zero-order valence-electron chi connectivity index (χ0n) is 53.5. The second-order valence-electron chi connectivity index (χ2n) is 24.6. The van der Waals surface area contributed by atoms with E-state index >= 15 is 0 Å². The van der Waals surface area contributed by atoms with Crippen molar-refractivity contribution in [3.05, 3.63) is 249 Å². The minimum absolute atomic E-state index is 0.220. The number of carbonyl (C=O) groups excluding carboxylic acids is 3. The van der Waals surface area contributed by atoms with Crippen molar-refractivity contribution < 1.29 is 50.6 Å². The Hall–Kier alpha value is -9.42. The van der Waals surface area contributed by atoms with Crippen LogP contribution in [0.4, 0.5) is 0 Å². The summed E-state index contributed by atoms with van der Waals surface area (Å²) >= 11 is 0. The van der Waals surface area contributed by atoms with Crippen LogP contribution in [0.5, 0.6) is 0 Å². The van der Waals surface area contributed by atoms with Crippen molar-refractivity contribution in [2.24, 2.45) is 5.73 Å². The molecule has 0 saturated carbocycles. The van der Waals surface area contributed by atoms with Gasteiger partial charge in [-0.2, -0.15) is 0 Å². The minimum atomic E-state index is -3.33. The fourth-order valence-electron chi connectivity index (χ4n) is 10.5. The van der Waals surface area contributed by atoms with E-state index in [1.807, 2.05) is 133 Å². The number of nitrogens with zero attached hydrogens (tertiary/aromatic N) is 2. The maximum absolute atomic E-state index is 13.1. The predicted octanol–water partition coefficient (Wildman–Crippen LogP) is 14.4. The third kappa shape index (κ3) is 16.9. The molecule has 0 atom stereocenters. The van der Waals surface area contributed by atoms with Gasteiger partial charge in [0, 0.05) is 77.4 Å². The number of aromatic carboxylic acids is 1. The highest BCUT2D eigenvalue weighted by Crippen LogP contribution is 2.32. The summed E-state index contributed by atoms with van der Waals surface area (Å²) in [5, 5.41) is 14.2. The van der Waals surface area contributed by atoms with Gasteiger partial charge >= 0.3 is 17.9 Å². The normalized spacial score (nSPS) is 11.7. The van der Waals surface area contributed by atoms with Crippen LogP contribution in [0.15, 0.2) is 192 Å². The number of carboxylic acid groups (broad SMARTS) is 1. The molecule has 0 spiro atoms. The molecule has 0 aliphatic carbocycles. The van der Waals surface area contributed by atoms with Gasteiger partial charge in [-0.3, -0.25) is 4.79 Å². The number of hydrogen-bond donors (Lipinski definition) is 3. The topological polar surface area (TPSA) is 223 Å². The van der Waals surface area contributed by atoms with Crippen LogP contribution in [0, 0.1) is 27.7 Å². The summed E-state index contributed by atoms with van der Waals surface area (Å²) in [6.07, 6.45) is 2.35. The van der Waals surface area contributed by atoms with E-state index in [2.05, 4.69) is 59.5 Å². The Morgan fingerprint density at radius 2 is 0.879 bits per heavy atom. The van der Waals surface area contributed by atoms with Gasteiger partial charge in [-0.15, -0.1) is 0 Å². The zero-order chi connectivity index (χ0) is 66.3. The van der Waals surface area contributed by atoms with E-state index in [4.69, 9.17) is 15.2 Å². The van der Waals surface area contributed by atoms with Gasteiger partial charge in [-0.05, 0) is 198 Å². The molecule has 0 radical (unpaired) electrons. The Balaban J connectivity index is 0.000000203. The summed E-state index contributed by atoms with van der Waals surface area (Å²) in [7, 11) is -6.42. The first-order valence-corrected chi connectivity index (χ1v) is 33.4. The Morgan fingerprint density at radius 1 is 0.484 bits per heavy atom. The van der Waals surface area contributed by atoms with Crippen molar-refractivity contribution in [2.75, 3.05) is 12.5 Å². The highest BCUT2D eigenvalue weighted by atomic mass is 32.2. The molecule has 4 N–H and O–H groups in total. The van der Waals surface area contributed by atoms with Gasteiger partial charge in [0.1, 0.15) is 11.2 Å². The van der Waals surface area contributed by atoms with E-state index in [1.165, 1.54) is 12.5 Å². The Bertz CT molecular complexity index is 4610. The molecule has 0 fully saturated rings. The lowest BCUT2D eigenvalue weighted by molar-refractivity contribution is 0.00578. The number of ether oxygens (including phenoxy) is 2. The maximum Gasteiger partial charge on any atom is 0.339 e. The van der Waals surface area contributed by atoms with Gasteiger partial charge in [0.2, 0.25) is 0 Å². The van der Waals surface area contributed by atoms with Crippen LogP contribution < -0.4 is 11.1 Å². The first kappa shape index (κ1) is 67.5. The molecule has 91 heavy (non-hydrogen) atoms. The number of fused-ring (bicyclic) bond motifs is 2. The molecule has 0 saturated heterocycles. The van der Waals surface area contributed by atoms with Gasteiger partial charge in [0.25, 0.3) is 5.91 Å². The van der Waals surface area contributed by atoms with Crippen molar-refractivity contribution in [3.63, 3.8) is 0 Å². The number of carbonyl (C=O) groups is 4. The van der Waals surface area contributed by atoms with E-state index in [0.717, 1.165) is 83.3 Å². The molecule has 15 nitrogen and oxygen atoms in total. The van der Waals surface area contributed by atoms with Crippen molar-refractivity contribution in [1.82, 2.24) is 14.5 Å². The number of nitrogens with two attached hydrogens (primary N) is 1. The van der Waals surface area contributed by atoms with E-state index < -0.39 is 36.8 Å². The van der Waals surface area contributed by atoms with Crippen molar-refractivity contribution in [3.8, 4) is 22.3 Å². The lowest BCUT2D eigenvalue weighted by Gasteiger charge is -2.20. The fraction of sp³-hybridized carbons (Fsp3) is 0.243. The van der Waals surface area contributed by atoms with Gasteiger partial charge in [-0.1, -0.05) is 109 Å². The summed E-state index contributed by atoms with van der Waals surface area (Å²) in [6.45, 7) is 21.3. The number of aryl methyl sites for hydroxylation is 2. The van der Waals surface area contributed by atoms with Crippen LogP contribution in [0.1, 0.15) is 128 Å². The second kappa shape index (κ2) is 27.8. The Morgan fingerprint density at radius 3 is 1.29 bits per heavy atom. The summed E-state index contributed by atoms with van der Waals surface area (Å²) in [5.41, 5.74) is 19.9. The monoisotopic (exact) mass is 1260 g/mol. The molecular formula is C74H78N4O11S2. The van der Waals surface area contributed by atoms with Crippen LogP contribution in [0.25, 0.3) is 44.1 Å². The average Bonchev–Trinajstić information content (AvgIpc) is 1.73. The summed E-state index contributed by atoms with van der Waals surface area (Å²) in [4.78, 5) is 50.6. The Labute approximate surface area is 533 Å². The van der Waals surface area contributed by atoms with Crippen LogP contribution in [-0.2, 0) is 55.3 Å². The SMILES string of the molecule is CS(=O)(=O)c1cccc(CN)c1.Cc1c(C)n(Cc2ccc(-c3ccccc3C(=O)OC(C)(C)C)cc2)c2ccc(C(=O)NCc3cccc(S(C)(=O)=O)c3)cc12.Cc1c(C)n(Cc2ccc(-c3ccccc3C(=O)OC(C)(C)C)cc2)c2ccc(C(=O)O)cc12. The largest absolute Gasteiger partial charge is 0.478 e. The number of esters is 2. The van der Waals surface area contributed by atoms with Gasteiger partial charge in [0.15, 0.2) is 19.7 Å². The molecule has 472 valence electrons. The van der Waals surface area contributed by atoms with Gasteiger partial charge in [0.05, 0.1) is 26.5 Å². The molecule has 1 amide bonds. The van der Waals surface area contributed by atoms with E-state index in [1.54, 1.807) is 72.8 Å². The third-order valence-electron chi connectivity index (χ3n) is 15.4. The molecule has 2 heterocycles. The van der Waals surface area contributed by atoms with Crippen molar-refractivity contribution >= 4 is 65.3 Å². The lowest BCUT2D eigenvalue weighted by Crippen LogP contribution is -2.24. The number of benzene rings is 8. The fourth-order valence-corrected chi connectivity index (χ4v) is 11.9. The maximum atomic E-state index is 13.1. The van der Waals surface area contributed by atoms with Crippen LogP contribution >= 0.6 is 0 Å². The first-order chi connectivity index (χ1) is 42.8. The zero-order valence-corrected chi connectivity index (χ0v) is 55.1. The van der Waals surface area contributed by atoms with E-state index in [0.29, 0.717) is 52.3 Å².